The number of hydrogen-bond acceptors (Lipinski definition) is 4. The Morgan fingerprint density at radius 3 is 2.48 bits per heavy atom. The molecule has 0 unspecified atom stereocenters. The lowest BCUT2D eigenvalue weighted by molar-refractivity contribution is -0.137. The molecule has 0 spiro atoms. The lowest BCUT2D eigenvalue weighted by Gasteiger charge is -2.07. The molecule has 1 N–H and O–H groups in total. The molecule has 3 rings (SSSR count). The Morgan fingerprint density at radius 2 is 1.84 bits per heavy atom. The van der Waals surface area contributed by atoms with E-state index in [0.29, 0.717) is 22.1 Å². The minimum Gasteiger partial charge on any atom is -0.302 e. The van der Waals surface area contributed by atoms with Crippen LogP contribution in [0.2, 0.25) is 0 Å². The van der Waals surface area contributed by atoms with Crippen molar-refractivity contribution in [1.82, 2.24) is 9.97 Å². The van der Waals surface area contributed by atoms with E-state index in [2.05, 4.69) is 15.3 Å². The van der Waals surface area contributed by atoms with Gasteiger partial charge in [-0.25, -0.2) is 4.98 Å². The Kier molecular flexibility index (Phi) is 4.80. The fourth-order valence-corrected chi connectivity index (χ4v) is 2.84. The molecule has 25 heavy (non-hydrogen) atoms. The van der Waals surface area contributed by atoms with Crippen LogP contribution in [0.1, 0.15) is 11.1 Å². The number of rotatable bonds is 4. The van der Waals surface area contributed by atoms with Crippen molar-refractivity contribution in [2.24, 2.45) is 0 Å². The topological polar surface area (TPSA) is 54.9 Å². The number of amides is 1. The summed E-state index contributed by atoms with van der Waals surface area (Å²) in [6, 6.07) is 9.96. The van der Waals surface area contributed by atoms with Crippen LogP contribution in [0.5, 0.6) is 0 Å². The number of pyridine rings is 1. The van der Waals surface area contributed by atoms with Crippen molar-refractivity contribution in [3.63, 3.8) is 0 Å². The van der Waals surface area contributed by atoms with E-state index in [1.54, 1.807) is 17.6 Å². The van der Waals surface area contributed by atoms with Gasteiger partial charge in [0.05, 0.1) is 17.7 Å². The maximum atomic E-state index is 12.5. The van der Waals surface area contributed by atoms with Gasteiger partial charge in [-0.1, -0.05) is 18.2 Å². The predicted octanol–water partition coefficient (Wildman–Crippen LogP) is 4.41. The molecule has 0 aliphatic carbocycles. The van der Waals surface area contributed by atoms with Crippen molar-refractivity contribution in [3.8, 4) is 11.4 Å². The van der Waals surface area contributed by atoms with Crippen LogP contribution in [-0.4, -0.2) is 15.9 Å². The van der Waals surface area contributed by atoms with Crippen LogP contribution in [0, 0.1) is 0 Å². The maximum Gasteiger partial charge on any atom is 0.416 e. The summed E-state index contributed by atoms with van der Waals surface area (Å²) >= 11 is 1.26. The van der Waals surface area contributed by atoms with Gasteiger partial charge in [0, 0.05) is 11.6 Å². The summed E-state index contributed by atoms with van der Waals surface area (Å²) in [5.74, 6) is -0.346. The lowest BCUT2D eigenvalue weighted by atomic mass is 10.1. The number of benzene rings is 1. The van der Waals surface area contributed by atoms with Gasteiger partial charge in [0.15, 0.2) is 5.13 Å². The highest BCUT2D eigenvalue weighted by molar-refractivity contribution is 7.14. The van der Waals surface area contributed by atoms with Gasteiger partial charge in [0.2, 0.25) is 5.91 Å². The van der Waals surface area contributed by atoms with E-state index in [-0.39, 0.29) is 12.3 Å². The van der Waals surface area contributed by atoms with E-state index in [9.17, 15) is 18.0 Å². The van der Waals surface area contributed by atoms with Gasteiger partial charge in [-0.3, -0.25) is 9.78 Å². The maximum absolute atomic E-state index is 12.5. The standard InChI is InChI=1S/C17H12F3N3OS/c18-17(19,20)12-6-4-11(5-7-12)9-15(24)23-16-22-14(10-25-16)13-3-1-2-8-21-13/h1-8,10H,9H2,(H,22,23,24). The minimum atomic E-state index is -4.39. The zero-order valence-electron chi connectivity index (χ0n) is 12.7. The molecule has 0 aliphatic rings. The molecule has 0 fully saturated rings. The fourth-order valence-electron chi connectivity index (χ4n) is 2.12. The van der Waals surface area contributed by atoms with E-state index in [1.165, 1.54) is 23.5 Å². The molecule has 4 nitrogen and oxygen atoms in total. The number of hydrogen-bond donors (Lipinski definition) is 1. The van der Waals surface area contributed by atoms with Gasteiger partial charge in [-0.2, -0.15) is 13.2 Å². The summed E-state index contributed by atoms with van der Waals surface area (Å²) in [6.07, 6.45) is -2.77. The van der Waals surface area contributed by atoms with E-state index in [4.69, 9.17) is 0 Å². The number of nitrogens with zero attached hydrogens (tertiary/aromatic N) is 2. The highest BCUT2D eigenvalue weighted by Gasteiger charge is 2.29. The number of nitrogens with one attached hydrogen (secondary N) is 1. The second kappa shape index (κ2) is 7.02. The molecule has 128 valence electrons. The van der Waals surface area contributed by atoms with Gasteiger partial charge in [-0.05, 0) is 29.8 Å². The smallest absolute Gasteiger partial charge is 0.302 e. The monoisotopic (exact) mass is 363 g/mol. The number of alkyl halides is 3. The number of thiazole rings is 1. The first-order valence-corrected chi connectivity index (χ1v) is 8.13. The quantitative estimate of drug-likeness (QED) is 0.747. The minimum absolute atomic E-state index is 0.0311. The van der Waals surface area contributed by atoms with Gasteiger partial charge in [0.25, 0.3) is 0 Å². The van der Waals surface area contributed by atoms with Gasteiger partial charge in [-0.15, -0.1) is 11.3 Å². The Labute approximate surface area is 145 Å². The molecule has 0 atom stereocenters. The molecule has 0 saturated heterocycles. The fraction of sp³-hybridized carbons (Fsp3) is 0.118. The zero-order valence-corrected chi connectivity index (χ0v) is 13.6. The molecule has 2 aromatic heterocycles. The molecule has 2 heterocycles. The number of carbonyl (C=O) groups is 1. The Morgan fingerprint density at radius 1 is 1.08 bits per heavy atom. The van der Waals surface area contributed by atoms with E-state index in [0.717, 1.165) is 12.1 Å². The molecule has 0 bridgehead atoms. The van der Waals surface area contributed by atoms with Crippen molar-refractivity contribution < 1.29 is 18.0 Å². The third-order valence-corrected chi connectivity index (χ3v) is 4.08. The van der Waals surface area contributed by atoms with Crippen LogP contribution < -0.4 is 5.32 Å². The number of anilines is 1. The Hall–Kier alpha value is -2.74. The summed E-state index contributed by atoms with van der Waals surface area (Å²) in [5, 5.41) is 4.83. The van der Waals surface area contributed by atoms with E-state index < -0.39 is 11.7 Å². The first-order chi connectivity index (χ1) is 11.9. The first-order valence-electron chi connectivity index (χ1n) is 7.25. The Balaban J connectivity index is 1.62. The largest absolute Gasteiger partial charge is 0.416 e. The molecule has 0 radical (unpaired) electrons. The number of halogens is 3. The average Bonchev–Trinajstić information content (AvgIpc) is 3.03. The van der Waals surface area contributed by atoms with Crippen LogP contribution in [0.3, 0.4) is 0 Å². The van der Waals surface area contributed by atoms with Gasteiger partial charge in [0.1, 0.15) is 5.69 Å². The van der Waals surface area contributed by atoms with Crippen molar-refractivity contribution >= 4 is 22.4 Å². The molecular weight excluding hydrogens is 351 g/mol. The highest BCUT2D eigenvalue weighted by atomic mass is 32.1. The van der Waals surface area contributed by atoms with Crippen LogP contribution in [0.25, 0.3) is 11.4 Å². The Bertz CT molecular complexity index is 861. The third kappa shape index (κ3) is 4.42. The van der Waals surface area contributed by atoms with Crippen molar-refractivity contribution in [2.45, 2.75) is 12.6 Å². The summed E-state index contributed by atoms with van der Waals surface area (Å²) in [7, 11) is 0. The summed E-state index contributed by atoms with van der Waals surface area (Å²) in [6.45, 7) is 0. The molecule has 1 aromatic carbocycles. The zero-order chi connectivity index (χ0) is 17.9. The van der Waals surface area contributed by atoms with Crippen molar-refractivity contribution in [3.05, 3.63) is 65.2 Å². The van der Waals surface area contributed by atoms with Crippen LogP contribution in [0.15, 0.2) is 54.0 Å². The number of carbonyl (C=O) groups excluding carboxylic acids is 1. The highest BCUT2D eigenvalue weighted by Crippen LogP contribution is 2.29. The average molecular weight is 363 g/mol. The molecule has 3 aromatic rings. The normalized spacial score (nSPS) is 11.3. The number of aromatic nitrogens is 2. The SMILES string of the molecule is O=C(Cc1ccc(C(F)(F)F)cc1)Nc1nc(-c2ccccn2)cs1. The summed E-state index contributed by atoms with van der Waals surface area (Å²) in [4.78, 5) is 20.5. The van der Waals surface area contributed by atoms with Crippen LogP contribution in [-0.2, 0) is 17.4 Å². The van der Waals surface area contributed by atoms with E-state index >= 15 is 0 Å². The predicted molar refractivity (Wildman–Crippen MR) is 89.1 cm³/mol. The first kappa shape index (κ1) is 17.1. The second-order valence-electron chi connectivity index (χ2n) is 5.17. The van der Waals surface area contributed by atoms with Crippen molar-refractivity contribution in [2.75, 3.05) is 5.32 Å². The lowest BCUT2D eigenvalue weighted by Crippen LogP contribution is -2.14. The summed E-state index contributed by atoms with van der Waals surface area (Å²) < 4.78 is 37.6. The molecule has 0 saturated carbocycles. The van der Waals surface area contributed by atoms with E-state index in [1.807, 2.05) is 12.1 Å². The van der Waals surface area contributed by atoms with Crippen molar-refractivity contribution in [1.29, 1.82) is 0 Å². The summed E-state index contributed by atoms with van der Waals surface area (Å²) in [5.41, 5.74) is 1.10. The van der Waals surface area contributed by atoms with Crippen LogP contribution in [0.4, 0.5) is 18.3 Å². The van der Waals surface area contributed by atoms with Crippen LogP contribution >= 0.6 is 11.3 Å². The van der Waals surface area contributed by atoms with Gasteiger partial charge < -0.3 is 5.32 Å². The molecule has 0 aliphatic heterocycles. The third-order valence-electron chi connectivity index (χ3n) is 3.32. The van der Waals surface area contributed by atoms with Gasteiger partial charge >= 0.3 is 6.18 Å². The molecule has 8 heteroatoms. The molecular formula is C17H12F3N3OS. The second-order valence-corrected chi connectivity index (χ2v) is 6.03. The molecule has 1 amide bonds.